The lowest BCUT2D eigenvalue weighted by Crippen LogP contribution is -2.37. The molecule has 1 aliphatic heterocycles. The molecule has 1 aromatic rings. The van der Waals surface area contributed by atoms with Gasteiger partial charge >= 0.3 is 5.69 Å². The fourth-order valence-electron chi connectivity index (χ4n) is 2.45. The van der Waals surface area contributed by atoms with Gasteiger partial charge in [0, 0.05) is 11.2 Å². The van der Waals surface area contributed by atoms with Crippen LogP contribution in [0.5, 0.6) is 0 Å². The van der Waals surface area contributed by atoms with Gasteiger partial charge < -0.3 is 10.5 Å². The molecule has 1 aliphatic rings. The smallest absolute Gasteiger partial charge is 0.351 e. The summed E-state index contributed by atoms with van der Waals surface area (Å²) in [5.41, 5.74) is 3.65. The Morgan fingerprint density at radius 2 is 2.30 bits per heavy atom. The number of hydrogen-bond donors (Lipinski definition) is 1. The number of nitrogen functional groups attached to an aromatic ring is 1. The largest absolute Gasteiger partial charge is 0.381 e. The highest BCUT2D eigenvalue weighted by molar-refractivity contribution is 9.09. The standard InChI is InChI=1S/C12H16BrF2N3O2/c1-3-12(5-13)6(2)8(15)10(20-12)18-4-7(14)9(16)17-11(18)19/h4,6,8,10H,3,5H2,1-2H3,(H2,16,17,19)/t6-,8-,10+,12-/m0/s1. The van der Waals surface area contributed by atoms with E-state index in [0.717, 1.165) is 10.8 Å². The summed E-state index contributed by atoms with van der Waals surface area (Å²) in [7, 11) is 0. The van der Waals surface area contributed by atoms with Gasteiger partial charge in [-0.2, -0.15) is 4.98 Å². The van der Waals surface area contributed by atoms with Crippen LogP contribution in [0.3, 0.4) is 0 Å². The molecule has 2 heterocycles. The fourth-order valence-corrected chi connectivity index (χ4v) is 3.49. The Bertz CT molecular complexity index is 562. The highest BCUT2D eigenvalue weighted by Crippen LogP contribution is 2.45. The molecule has 0 unspecified atom stereocenters. The van der Waals surface area contributed by atoms with Crippen molar-refractivity contribution < 1.29 is 13.5 Å². The van der Waals surface area contributed by atoms with E-state index in [-0.39, 0.29) is 0 Å². The molecule has 0 aliphatic carbocycles. The first-order valence-corrected chi connectivity index (χ1v) is 7.40. The van der Waals surface area contributed by atoms with Crippen LogP contribution in [0.4, 0.5) is 14.6 Å². The zero-order valence-electron chi connectivity index (χ0n) is 11.1. The van der Waals surface area contributed by atoms with E-state index in [4.69, 9.17) is 10.5 Å². The molecular weight excluding hydrogens is 336 g/mol. The van der Waals surface area contributed by atoms with Gasteiger partial charge in [0.25, 0.3) is 0 Å². The van der Waals surface area contributed by atoms with Gasteiger partial charge in [-0.05, 0) is 6.42 Å². The predicted octanol–water partition coefficient (Wildman–Crippen LogP) is 2.01. The first-order valence-electron chi connectivity index (χ1n) is 6.28. The second kappa shape index (κ2) is 5.40. The lowest BCUT2D eigenvalue weighted by molar-refractivity contribution is -0.0776. The highest BCUT2D eigenvalue weighted by Gasteiger charge is 2.52. The molecule has 0 aromatic carbocycles. The zero-order valence-corrected chi connectivity index (χ0v) is 12.7. The molecule has 0 amide bonds. The molecule has 8 heteroatoms. The Kier molecular flexibility index (Phi) is 4.15. The molecule has 0 saturated carbocycles. The van der Waals surface area contributed by atoms with E-state index in [1.807, 2.05) is 6.92 Å². The number of aromatic nitrogens is 2. The van der Waals surface area contributed by atoms with Crippen molar-refractivity contribution in [3.63, 3.8) is 0 Å². The van der Waals surface area contributed by atoms with E-state index in [9.17, 15) is 13.6 Å². The monoisotopic (exact) mass is 351 g/mol. The van der Waals surface area contributed by atoms with Crippen LogP contribution < -0.4 is 11.4 Å². The van der Waals surface area contributed by atoms with Crippen molar-refractivity contribution in [1.29, 1.82) is 0 Å². The molecule has 1 aromatic heterocycles. The van der Waals surface area contributed by atoms with E-state index < -0.39 is 41.2 Å². The van der Waals surface area contributed by atoms with Crippen molar-refractivity contribution in [2.75, 3.05) is 11.1 Å². The lowest BCUT2D eigenvalue weighted by atomic mass is 9.87. The van der Waals surface area contributed by atoms with Crippen LogP contribution >= 0.6 is 15.9 Å². The minimum Gasteiger partial charge on any atom is -0.381 e. The van der Waals surface area contributed by atoms with Crippen molar-refractivity contribution in [1.82, 2.24) is 9.55 Å². The molecule has 0 radical (unpaired) electrons. The number of rotatable bonds is 3. The molecule has 2 N–H and O–H groups in total. The van der Waals surface area contributed by atoms with E-state index in [1.165, 1.54) is 0 Å². The maximum Gasteiger partial charge on any atom is 0.351 e. The topological polar surface area (TPSA) is 70.1 Å². The second-order valence-corrected chi connectivity index (χ2v) is 5.52. The van der Waals surface area contributed by atoms with E-state index in [2.05, 4.69) is 20.9 Å². The molecule has 20 heavy (non-hydrogen) atoms. The van der Waals surface area contributed by atoms with Gasteiger partial charge in [-0.1, -0.05) is 29.8 Å². The maximum atomic E-state index is 14.5. The van der Waals surface area contributed by atoms with Crippen molar-refractivity contribution in [3.8, 4) is 0 Å². The van der Waals surface area contributed by atoms with Crippen molar-refractivity contribution >= 4 is 21.7 Å². The van der Waals surface area contributed by atoms with Gasteiger partial charge in [0.15, 0.2) is 24.0 Å². The minimum atomic E-state index is -1.44. The molecule has 0 bridgehead atoms. The van der Waals surface area contributed by atoms with Crippen molar-refractivity contribution in [2.45, 2.75) is 38.3 Å². The minimum absolute atomic E-state index is 0.425. The normalized spacial score (nSPS) is 33.5. The summed E-state index contributed by atoms with van der Waals surface area (Å²) >= 11 is 3.32. The van der Waals surface area contributed by atoms with E-state index in [1.54, 1.807) is 6.92 Å². The number of anilines is 1. The van der Waals surface area contributed by atoms with Crippen LogP contribution in [-0.2, 0) is 4.74 Å². The summed E-state index contributed by atoms with van der Waals surface area (Å²) < 4.78 is 34.5. The quantitative estimate of drug-likeness (QED) is 0.845. The molecule has 112 valence electrons. The number of hydrogen-bond acceptors (Lipinski definition) is 4. The van der Waals surface area contributed by atoms with Gasteiger partial charge in [-0.15, -0.1) is 0 Å². The van der Waals surface area contributed by atoms with E-state index in [0.29, 0.717) is 11.8 Å². The average Bonchev–Trinajstić information content (AvgIpc) is 2.68. The third-order valence-corrected chi connectivity index (χ3v) is 4.92. The number of halogens is 3. The summed E-state index contributed by atoms with van der Waals surface area (Å²) in [5, 5.41) is 0.425. The average molecular weight is 352 g/mol. The summed E-state index contributed by atoms with van der Waals surface area (Å²) in [5.74, 6) is -1.82. The third-order valence-electron chi connectivity index (χ3n) is 3.97. The third kappa shape index (κ3) is 2.24. The fraction of sp³-hybridized carbons (Fsp3) is 0.667. The zero-order chi connectivity index (χ0) is 15.1. The van der Waals surface area contributed by atoms with Crippen LogP contribution in [0, 0.1) is 11.7 Å². The van der Waals surface area contributed by atoms with Gasteiger partial charge in [0.05, 0.1) is 11.8 Å². The van der Waals surface area contributed by atoms with Crippen LogP contribution in [0.25, 0.3) is 0 Å². The van der Waals surface area contributed by atoms with Crippen molar-refractivity contribution in [2.24, 2.45) is 5.92 Å². The summed E-state index contributed by atoms with van der Waals surface area (Å²) in [4.78, 5) is 15.1. The number of nitrogens with zero attached hydrogens (tertiary/aromatic N) is 2. The molecule has 1 saturated heterocycles. The van der Waals surface area contributed by atoms with Gasteiger partial charge in [0.1, 0.15) is 0 Å². The first kappa shape index (κ1) is 15.4. The number of nitrogens with two attached hydrogens (primary N) is 1. The van der Waals surface area contributed by atoms with Crippen LogP contribution in [0.15, 0.2) is 11.0 Å². The Morgan fingerprint density at radius 3 is 2.80 bits per heavy atom. The Labute approximate surface area is 123 Å². The SMILES string of the molecule is CC[C@@]1(CBr)O[C@@H](n2cc(F)c(N)nc2=O)[C@@H](F)[C@@H]1C. The predicted molar refractivity (Wildman–Crippen MR) is 73.9 cm³/mol. The van der Waals surface area contributed by atoms with Crippen LogP contribution in [0.1, 0.15) is 26.5 Å². The molecular formula is C12H16BrF2N3O2. The Hall–Kier alpha value is -1.02. The van der Waals surface area contributed by atoms with Gasteiger partial charge in [-0.25, -0.2) is 13.6 Å². The second-order valence-electron chi connectivity index (χ2n) is 4.96. The number of alkyl halides is 2. The maximum absolute atomic E-state index is 14.5. The Balaban J connectivity index is 2.45. The number of ether oxygens (including phenoxy) is 1. The highest BCUT2D eigenvalue weighted by atomic mass is 79.9. The molecule has 4 atom stereocenters. The van der Waals surface area contributed by atoms with Crippen LogP contribution in [-0.4, -0.2) is 26.7 Å². The summed E-state index contributed by atoms with van der Waals surface area (Å²) in [6, 6.07) is 0. The van der Waals surface area contributed by atoms with Gasteiger partial charge in [-0.3, -0.25) is 4.57 Å². The molecule has 5 nitrogen and oxygen atoms in total. The Morgan fingerprint density at radius 1 is 1.65 bits per heavy atom. The molecule has 1 fully saturated rings. The lowest BCUT2D eigenvalue weighted by Gasteiger charge is -2.29. The van der Waals surface area contributed by atoms with Gasteiger partial charge in [0.2, 0.25) is 0 Å². The summed E-state index contributed by atoms with van der Waals surface area (Å²) in [6.07, 6.45) is -1.22. The first-order chi connectivity index (χ1) is 9.36. The van der Waals surface area contributed by atoms with Crippen LogP contribution in [0.2, 0.25) is 0 Å². The summed E-state index contributed by atoms with van der Waals surface area (Å²) in [6.45, 7) is 3.58. The van der Waals surface area contributed by atoms with E-state index >= 15 is 0 Å². The molecule has 2 rings (SSSR count). The molecule has 0 spiro atoms. The van der Waals surface area contributed by atoms with Crippen molar-refractivity contribution in [3.05, 3.63) is 22.5 Å².